The highest BCUT2D eigenvalue weighted by Crippen LogP contribution is 2.21. The third kappa shape index (κ3) is 6.18. The Morgan fingerprint density at radius 1 is 1.25 bits per heavy atom. The Bertz CT molecular complexity index is 752. The molecular weight excluding hydrogens is 470 g/mol. The molecule has 0 bridgehead atoms. The van der Waals surface area contributed by atoms with Gasteiger partial charge in [0.15, 0.2) is 5.96 Å². The van der Waals surface area contributed by atoms with Gasteiger partial charge in [-0.2, -0.15) is 0 Å². The Morgan fingerprint density at radius 2 is 1.93 bits per heavy atom. The molecule has 1 N–H and O–H groups in total. The Kier molecular flexibility index (Phi) is 8.72. The summed E-state index contributed by atoms with van der Waals surface area (Å²) >= 11 is 0. The molecule has 2 unspecified atom stereocenters. The summed E-state index contributed by atoms with van der Waals surface area (Å²) in [6.45, 7) is 10.3. The first-order valence-electron chi connectivity index (χ1n) is 9.78. The van der Waals surface area contributed by atoms with Crippen molar-refractivity contribution in [2.24, 2.45) is 16.8 Å². The highest BCUT2D eigenvalue weighted by Gasteiger charge is 2.23. The van der Waals surface area contributed by atoms with Crippen LogP contribution in [0, 0.1) is 17.7 Å². The zero-order chi connectivity index (χ0) is 19.2. The highest BCUT2D eigenvalue weighted by atomic mass is 127. The lowest BCUT2D eigenvalue weighted by atomic mass is 9.92. The van der Waals surface area contributed by atoms with Crippen LogP contribution in [0.1, 0.15) is 32.9 Å². The van der Waals surface area contributed by atoms with Gasteiger partial charge >= 0.3 is 0 Å². The molecule has 2 atom stereocenters. The van der Waals surface area contributed by atoms with Crippen LogP contribution in [0.4, 0.5) is 4.39 Å². The van der Waals surface area contributed by atoms with Crippen molar-refractivity contribution in [2.75, 3.05) is 26.2 Å². The van der Waals surface area contributed by atoms with E-state index in [9.17, 15) is 4.39 Å². The summed E-state index contributed by atoms with van der Waals surface area (Å²) < 4.78 is 18.6. The van der Waals surface area contributed by atoms with E-state index < -0.39 is 0 Å². The van der Waals surface area contributed by atoms with Crippen molar-refractivity contribution in [3.8, 4) is 11.5 Å². The first-order valence-corrected chi connectivity index (χ1v) is 9.78. The molecular formula is C21H30FIN4O. The van der Waals surface area contributed by atoms with Gasteiger partial charge in [0.2, 0.25) is 5.89 Å². The molecule has 3 rings (SSSR count). The molecule has 2 heterocycles. The van der Waals surface area contributed by atoms with E-state index in [1.54, 1.807) is 18.4 Å². The summed E-state index contributed by atoms with van der Waals surface area (Å²) in [5, 5.41) is 3.41. The number of nitrogens with one attached hydrogen (secondary N) is 1. The number of guanidine groups is 1. The molecule has 154 valence electrons. The maximum absolute atomic E-state index is 13.0. The number of halogens is 2. The number of hydrogen-bond acceptors (Lipinski definition) is 3. The van der Waals surface area contributed by atoms with Crippen LogP contribution in [-0.2, 0) is 6.42 Å². The van der Waals surface area contributed by atoms with Gasteiger partial charge in [-0.1, -0.05) is 13.8 Å². The molecule has 28 heavy (non-hydrogen) atoms. The van der Waals surface area contributed by atoms with E-state index in [0.717, 1.165) is 36.9 Å². The van der Waals surface area contributed by atoms with Crippen molar-refractivity contribution in [1.29, 1.82) is 0 Å². The van der Waals surface area contributed by atoms with Crippen molar-refractivity contribution in [3.05, 3.63) is 42.0 Å². The molecule has 1 aliphatic rings. The van der Waals surface area contributed by atoms with Gasteiger partial charge in [-0.3, -0.25) is 4.99 Å². The smallest absolute Gasteiger partial charge is 0.226 e. The van der Waals surface area contributed by atoms with Gasteiger partial charge in [0.25, 0.3) is 0 Å². The highest BCUT2D eigenvalue weighted by molar-refractivity contribution is 14.0. The molecule has 0 amide bonds. The minimum absolute atomic E-state index is 0. The third-order valence-corrected chi connectivity index (χ3v) is 4.78. The average Bonchev–Trinajstić information content (AvgIpc) is 3.09. The van der Waals surface area contributed by atoms with Crippen LogP contribution in [0.15, 0.2) is 39.9 Å². The lowest BCUT2D eigenvalue weighted by Crippen LogP contribution is -2.48. The van der Waals surface area contributed by atoms with Gasteiger partial charge in [-0.15, -0.1) is 24.0 Å². The van der Waals surface area contributed by atoms with Crippen LogP contribution in [0.3, 0.4) is 0 Å². The van der Waals surface area contributed by atoms with Crippen LogP contribution in [0.25, 0.3) is 11.5 Å². The second-order valence-corrected chi connectivity index (χ2v) is 7.49. The van der Waals surface area contributed by atoms with Gasteiger partial charge in [-0.25, -0.2) is 9.37 Å². The fourth-order valence-electron chi connectivity index (χ4n) is 3.68. The van der Waals surface area contributed by atoms with Crippen molar-refractivity contribution in [3.63, 3.8) is 0 Å². The zero-order valence-electron chi connectivity index (χ0n) is 16.8. The lowest BCUT2D eigenvalue weighted by Gasteiger charge is -2.37. The molecule has 0 saturated carbocycles. The number of aliphatic imine (C=N–C) groups is 1. The average molecular weight is 500 g/mol. The van der Waals surface area contributed by atoms with Crippen LogP contribution in [-0.4, -0.2) is 42.0 Å². The van der Waals surface area contributed by atoms with Crippen LogP contribution >= 0.6 is 24.0 Å². The summed E-state index contributed by atoms with van der Waals surface area (Å²) in [7, 11) is 0. The summed E-state index contributed by atoms with van der Waals surface area (Å²) in [5.74, 6) is 2.60. The molecule has 1 fully saturated rings. The van der Waals surface area contributed by atoms with E-state index in [1.807, 2.05) is 0 Å². The zero-order valence-corrected chi connectivity index (χ0v) is 19.2. The molecule has 1 aromatic heterocycles. The minimum atomic E-state index is -0.267. The van der Waals surface area contributed by atoms with Gasteiger partial charge in [0.05, 0.1) is 5.69 Å². The van der Waals surface area contributed by atoms with Crippen molar-refractivity contribution >= 4 is 29.9 Å². The predicted octanol–water partition coefficient (Wildman–Crippen LogP) is 4.58. The van der Waals surface area contributed by atoms with Gasteiger partial charge in [0, 0.05) is 38.2 Å². The Hall–Kier alpha value is -1.64. The third-order valence-electron chi connectivity index (χ3n) is 4.78. The second-order valence-electron chi connectivity index (χ2n) is 7.49. The van der Waals surface area contributed by atoms with Crippen LogP contribution in [0.5, 0.6) is 0 Å². The van der Waals surface area contributed by atoms with Gasteiger partial charge in [-0.05, 0) is 49.4 Å². The molecule has 0 aliphatic carbocycles. The van der Waals surface area contributed by atoms with E-state index in [0.29, 0.717) is 30.7 Å². The molecule has 1 saturated heterocycles. The number of hydrogen-bond donors (Lipinski definition) is 1. The number of likely N-dealkylation sites (tertiary alicyclic amines) is 1. The van der Waals surface area contributed by atoms with E-state index in [2.05, 4.69) is 36.0 Å². The quantitative estimate of drug-likeness (QED) is 0.371. The number of piperidine rings is 1. The fraction of sp³-hybridized carbons (Fsp3) is 0.524. The van der Waals surface area contributed by atoms with E-state index in [4.69, 9.17) is 9.41 Å². The number of oxazole rings is 1. The Labute approximate surface area is 183 Å². The molecule has 1 aliphatic heterocycles. The summed E-state index contributed by atoms with van der Waals surface area (Å²) in [6, 6.07) is 6.16. The van der Waals surface area contributed by atoms with Crippen LogP contribution < -0.4 is 5.32 Å². The molecule has 0 spiro atoms. The first kappa shape index (κ1) is 22.6. The summed E-state index contributed by atoms with van der Waals surface area (Å²) in [6.07, 6.45) is 3.64. The minimum Gasteiger partial charge on any atom is -0.444 e. The lowest BCUT2D eigenvalue weighted by molar-refractivity contribution is 0.208. The maximum atomic E-state index is 13.0. The molecule has 7 heteroatoms. The van der Waals surface area contributed by atoms with E-state index >= 15 is 0 Å². The Morgan fingerprint density at radius 3 is 2.57 bits per heavy atom. The number of aromatic nitrogens is 1. The monoisotopic (exact) mass is 500 g/mol. The van der Waals surface area contributed by atoms with Gasteiger partial charge < -0.3 is 14.6 Å². The molecule has 1 aromatic carbocycles. The van der Waals surface area contributed by atoms with Crippen molar-refractivity contribution < 1.29 is 8.81 Å². The second kappa shape index (κ2) is 10.8. The summed E-state index contributed by atoms with van der Waals surface area (Å²) in [4.78, 5) is 11.7. The largest absolute Gasteiger partial charge is 0.444 e. The van der Waals surface area contributed by atoms with E-state index in [-0.39, 0.29) is 29.8 Å². The van der Waals surface area contributed by atoms with E-state index in [1.165, 1.54) is 18.6 Å². The predicted molar refractivity (Wildman–Crippen MR) is 122 cm³/mol. The van der Waals surface area contributed by atoms with Crippen molar-refractivity contribution in [1.82, 2.24) is 15.2 Å². The fourth-order valence-corrected chi connectivity index (χ4v) is 3.68. The number of rotatable bonds is 5. The summed E-state index contributed by atoms with van der Waals surface area (Å²) in [5.41, 5.74) is 1.63. The Balaban J connectivity index is 0.00000280. The standard InChI is InChI=1S/C21H29FN4O.HI/c1-4-23-21(26-12-15(2)11-16(3)13-26)24-10-9-19-14-27-20(25-19)17-5-7-18(22)8-6-17;/h5-8,14-16H,4,9-13H2,1-3H3,(H,23,24);1H. The number of nitrogens with zero attached hydrogens (tertiary/aromatic N) is 3. The van der Waals surface area contributed by atoms with Crippen LogP contribution in [0.2, 0.25) is 0 Å². The molecule has 2 aromatic rings. The number of benzene rings is 1. The first-order chi connectivity index (χ1) is 13.0. The van der Waals surface area contributed by atoms with Gasteiger partial charge in [0.1, 0.15) is 12.1 Å². The topological polar surface area (TPSA) is 53.7 Å². The van der Waals surface area contributed by atoms with Crippen molar-refractivity contribution in [2.45, 2.75) is 33.6 Å². The normalized spacial score (nSPS) is 20.0. The molecule has 5 nitrogen and oxygen atoms in total. The molecule has 0 radical (unpaired) electrons. The SMILES string of the molecule is CCNC(=NCCc1coc(-c2ccc(F)cc2)n1)N1CC(C)CC(C)C1.I. The maximum Gasteiger partial charge on any atom is 0.226 e.